The molecule has 0 unspecified atom stereocenters. The molecule has 28 heavy (non-hydrogen) atoms. The summed E-state index contributed by atoms with van der Waals surface area (Å²) in [5.41, 5.74) is 0. The van der Waals surface area contributed by atoms with E-state index in [9.17, 15) is 9.59 Å². The lowest BCUT2D eigenvalue weighted by molar-refractivity contribution is -0.129. The number of nitrogens with zero attached hydrogens (tertiary/aromatic N) is 5. The molecule has 8 nitrogen and oxygen atoms in total. The maximum absolute atomic E-state index is 12.6. The molecule has 2 amide bonds. The molecular weight excluding hydrogens is 398 g/mol. The van der Waals surface area contributed by atoms with Gasteiger partial charge >= 0.3 is 6.09 Å². The molecular formula is C18H23N5O3S2. The zero-order valence-corrected chi connectivity index (χ0v) is 17.4. The number of likely N-dealkylation sites (tertiary alicyclic amines) is 1. The Kier molecular flexibility index (Phi) is 5.86. The molecule has 4 heterocycles. The van der Waals surface area contributed by atoms with Crippen molar-refractivity contribution in [3.63, 3.8) is 0 Å². The van der Waals surface area contributed by atoms with E-state index in [-0.39, 0.29) is 18.0 Å². The topological polar surface area (TPSA) is 80.6 Å². The second-order valence-electron chi connectivity index (χ2n) is 6.90. The summed E-state index contributed by atoms with van der Waals surface area (Å²) in [6, 6.07) is 4.17. The van der Waals surface area contributed by atoms with Crippen LogP contribution in [-0.2, 0) is 16.6 Å². The predicted octanol–water partition coefficient (Wildman–Crippen LogP) is 2.47. The summed E-state index contributed by atoms with van der Waals surface area (Å²) >= 11 is 3.03. The molecule has 2 aliphatic rings. The average molecular weight is 422 g/mol. The van der Waals surface area contributed by atoms with Gasteiger partial charge in [-0.2, -0.15) is 0 Å². The van der Waals surface area contributed by atoms with Crippen molar-refractivity contribution in [2.75, 3.05) is 32.0 Å². The molecule has 2 aromatic heterocycles. The molecule has 0 bridgehead atoms. The molecule has 0 N–H and O–H groups in total. The second-order valence-corrected chi connectivity index (χ2v) is 8.79. The summed E-state index contributed by atoms with van der Waals surface area (Å²) in [6.07, 6.45) is 2.28. The first kappa shape index (κ1) is 19.3. The minimum absolute atomic E-state index is 0.102. The fourth-order valence-electron chi connectivity index (χ4n) is 3.61. The van der Waals surface area contributed by atoms with Crippen molar-refractivity contribution in [3.8, 4) is 10.7 Å². The number of piperidine rings is 1. The van der Waals surface area contributed by atoms with Crippen LogP contribution in [0.3, 0.4) is 0 Å². The van der Waals surface area contributed by atoms with E-state index < -0.39 is 0 Å². The molecule has 2 aromatic rings. The van der Waals surface area contributed by atoms with Gasteiger partial charge in [-0.15, -0.1) is 21.5 Å². The van der Waals surface area contributed by atoms with E-state index in [1.54, 1.807) is 11.3 Å². The van der Waals surface area contributed by atoms with Crippen LogP contribution in [0.2, 0.25) is 0 Å². The molecule has 10 heteroatoms. The number of cyclic esters (lactones) is 1. The number of hydrogen-bond acceptors (Lipinski definition) is 7. The van der Waals surface area contributed by atoms with Crippen LogP contribution in [0.4, 0.5) is 4.79 Å². The number of ether oxygens (including phenoxy) is 1. The van der Waals surface area contributed by atoms with Crippen LogP contribution in [0.5, 0.6) is 0 Å². The Morgan fingerprint density at radius 3 is 2.86 bits per heavy atom. The maximum atomic E-state index is 12.6. The van der Waals surface area contributed by atoms with E-state index in [0.29, 0.717) is 25.4 Å². The highest BCUT2D eigenvalue weighted by Crippen LogP contribution is 2.26. The molecule has 2 saturated heterocycles. The highest BCUT2D eigenvalue weighted by Gasteiger charge is 2.31. The predicted molar refractivity (Wildman–Crippen MR) is 107 cm³/mol. The Labute approximate surface area is 171 Å². The molecule has 2 aliphatic heterocycles. The maximum Gasteiger partial charge on any atom is 0.410 e. The van der Waals surface area contributed by atoms with Gasteiger partial charge in [0, 0.05) is 32.7 Å². The summed E-state index contributed by atoms with van der Waals surface area (Å²) in [5.74, 6) is 1.26. The van der Waals surface area contributed by atoms with Crippen LogP contribution in [0.15, 0.2) is 22.7 Å². The highest BCUT2D eigenvalue weighted by molar-refractivity contribution is 7.99. The van der Waals surface area contributed by atoms with Gasteiger partial charge in [-0.25, -0.2) is 4.79 Å². The Balaban J connectivity index is 1.28. The molecule has 0 atom stereocenters. The van der Waals surface area contributed by atoms with Gasteiger partial charge in [0.15, 0.2) is 11.0 Å². The lowest BCUT2D eigenvalue weighted by Gasteiger charge is -2.39. The molecule has 4 rings (SSSR count). The molecule has 0 spiro atoms. The number of aromatic nitrogens is 3. The molecule has 0 aliphatic carbocycles. The van der Waals surface area contributed by atoms with E-state index in [1.807, 2.05) is 38.9 Å². The normalized spacial score (nSPS) is 18.4. The van der Waals surface area contributed by atoms with Crippen LogP contribution in [-0.4, -0.2) is 74.6 Å². The summed E-state index contributed by atoms with van der Waals surface area (Å²) in [5, 5.41) is 11.2. The SMILES string of the molecule is Cn1c(SCC(=O)N2CCC(N3CCCOC3=O)CC2)nnc1-c1cccs1. The molecule has 0 radical (unpaired) electrons. The van der Waals surface area contributed by atoms with E-state index >= 15 is 0 Å². The molecule has 0 saturated carbocycles. The lowest BCUT2D eigenvalue weighted by Crippen LogP contribution is -2.51. The van der Waals surface area contributed by atoms with E-state index in [4.69, 9.17) is 4.74 Å². The smallest absolute Gasteiger partial charge is 0.410 e. The number of carbonyl (C=O) groups excluding carboxylic acids is 2. The zero-order valence-electron chi connectivity index (χ0n) is 15.7. The number of rotatable bonds is 5. The molecule has 2 fully saturated rings. The Morgan fingerprint density at radius 2 is 2.14 bits per heavy atom. The van der Waals surface area contributed by atoms with Crippen molar-refractivity contribution in [3.05, 3.63) is 17.5 Å². The number of amides is 2. The van der Waals surface area contributed by atoms with E-state index in [0.717, 1.165) is 41.7 Å². The van der Waals surface area contributed by atoms with Crippen molar-refractivity contribution < 1.29 is 14.3 Å². The van der Waals surface area contributed by atoms with Gasteiger partial charge in [-0.3, -0.25) is 4.79 Å². The largest absolute Gasteiger partial charge is 0.449 e. The fourth-order valence-corrected chi connectivity index (χ4v) is 5.16. The second kappa shape index (κ2) is 8.52. The quantitative estimate of drug-likeness (QED) is 0.690. The first-order chi connectivity index (χ1) is 13.6. The first-order valence-electron chi connectivity index (χ1n) is 9.40. The molecule has 0 aromatic carbocycles. The lowest BCUT2D eigenvalue weighted by atomic mass is 10.0. The van der Waals surface area contributed by atoms with Crippen molar-refractivity contribution >= 4 is 35.1 Å². The Bertz CT molecular complexity index is 830. The van der Waals surface area contributed by atoms with Crippen LogP contribution in [0.1, 0.15) is 19.3 Å². The summed E-state index contributed by atoms with van der Waals surface area (Å²) in [6.45, 7) is 2.62. The van der Waals surface area contributed by atoms with Crippen LogP contribution in [0.25, 0.3) is 10.7 Å². The number of thiophene rings is 1. The third-order valence-electron chi connectivity index (χ3n) is 5.16. The minimum Gasteiger partial charge on any atom is -0.449 e. The van der Waals surface area contributed by atoms with Crippen LogP contribution >= 0.6 is 23.1 Å². The van der Waals surface area contributed by atoms with Crippen molar-refractivity contribution in [2.24, 2.45) is 7.05 Å². The van der Waals surface area contributed by atoms with Gasteiger partial charge in [0.05, 0.1) is 17.2 Å². The number of hydrogen-bond donors (Lipinski definition) is 0. The van der Waals surface area contributed by atoms with Gasteiger partial charge in [-0.05, 0) is 30.7 Å². The van der Waals surface area contributed by atoms with Gasteiger partial charge in [-0.1, -0.05) is 17.8 Å². The standard InChI is InChI=1S/C18H23N5O3S2/c1-21-16(14-4-2-11-27-14)19-20-17(21)28-12-15(24)22-8-5-13(6-9-22)23-7-3-10-26-18(23)25/h2,4,11,13H,3,5-10,12H2,1H3. The Morgan fingerprint density at radius 1 is 1.32 bits per heavy atom. The van der Waals surface area contributed by atoms with Crippen LogP contribution in [0, 0.1) is 0 Å². The highest BCUT2D eigenvalue weighted by atomic mass is 32.2. The molecule has 150 valence electrons. The van der Waals surface area contributed by atoms with Gasteiger partial charge in [0.1, 0.15) is 0 Å². The van der Waals surface area contributed by atoms with Crippen molar-refractivity contribution in [2.45, 2.75) is 30.5 Å². The average Bonchev–Trinajstić information content (AvgIpc) is 3.36. The summed E-state index contributed by atoms with van der Waals surface area (Å²) in [7, 11) is 1.92. The summed E-state index contributed by atoms with van der Waals surface area (Å²) < 4.78 is 7.06. The van der Waals surface area contributed by atoms with Crippen molar-refractivity contribution in [1.82, 2.24) is 24.6 Å². The zero-order chi connectivity index (χ0) is 19.5. The summed E-state index contributed by atoms with van der Waals surface area (Å²) in [4.78, 5) is 29.3. The third-order valence-corrected chi connectivity index (χ3v) is 7.03. The third kappa shape index (κ3) is 4.02. The van der Waals surface area contributed by atoms with Crippen LogP contribution < -0.4 is 0 Å². The number of thioether (sulfide) groups is 1. The minimum atomic E-state index is -0.213. The fraction of sp³-hybridized carbons (Fsp3) is 0.556. The first-order valence-corrected chi connectivity index (χ1v) is 11.3. The van der Waals surface area contributed by atoms with E-state index in [2.05, 4.69) is 10.2 Å². The van der Waals surface area contributed by atoms with Gasteiger partial charge < -0.3 is 19.1 Å². The van der Waals surface area contributed by atoms with E-state index in [1.165, 1.54) is 11.8 Å². The monoisotopic (exact) mass is 421 g/mol. The van der Waals surface area contributed by atoms with Gasteiger partial charge in [0.2, 0.25) is 5.91 Å². The van der Waals surface area contributed by atoms with Crippen molar-refractivity contribution in [1.29, 1.82) is 0 Å². The van der Waals surface area contributed by atoms with Gasteiger partial charge in [0.25, 0.3) is 0 Å². The number of carbonyl (C=O) groups is 2. The Hall–Kier alpha value is -2.07.